The topological polar surface area (TPSA) is 113 Å². The van der Waals surface area contributed by atoms with Gasteiger partial charge in [0.05, 0.1) is 5.56 Å². The van der Waals surface area contributed by atoms with E-state index in [1.54, 1.807) is 37.3 Å². The number of alkyl halides is 1. The van der Waals surface area contributed by atoms with Gasteiger partial charge in [-0.05, 0) is 42.8 Å². The molecule has 2 aromatic rings. The Morgan fingerprint density at radius 2 is 2.22 bits per heavy atom. The van der Waals surface area contributed by atoms with Gasteiger partial charge >= 0.3 is 0 Å². The number of allylic oxidation sites excluding steroid dienone is 1. The number of halogens is 1. The third-order valence-electron chi connectivity index (χ3n) is 3.98. The lowest BCUT2D eigenvalue weighted by Gasteiger charge is -2.27. The second-order valence-electron chi connectivity index (χ2n) is 6.02. The Morgan fingerprint density at radius 3 is 2.89 bits per heavy atom. The summed E-state index contributed by atoms with van der Waals surface area (Å²) in [5.74, 6) is -0.335. The number of hydrogen-bond donors (Lipinski definition) is 2. The zero-order chi connectivity index (χ0) is 19.4. The summed E-state index contributed by atoms with van der Waals surface area (Å²) < 4.78 is 18.1. The lowest BCUT2D eigenvalue weighted by molar-refractivity contribution is 0.102. The Balaban J connectivity index is 1.85. The number of nitrogens with one attached hydrogen (secondary N) is 1. The zero-order valence-electron chi connectivity index (χ0n) is 14.4. The predicted octanol–water partition coefficient (Wildman–Crippen LogP) is 2.62. The summed E-state index contributed by atoms with van der Waals surface area (Å²) >= 11 is 0. The minimum Gasteiger partial charge on any atom is -0.428 e. The SMILES string of the molecule is C[C@@]1(c2cccc(NC(=O)c3ccc(C#N)cn3)c2)C=C(CF)OC(N)=N1. The highest BCUT2D eigenvalue weighted by Gasteiger charge is 2.29. The van der Waals surface area contributed by atoms with Crippen LogP contribution in [-0.2, 0) is 10.3 Å². The molecule has 0 saturated heterocycles. The van der Waals surface area contributed by atoms with Crippen molar-refractivity contribution in [3.05, 3.63) is 71.3 Å². The Morgan fingerprint density at radius 1 is 1.41 bits per heavy atom. The number of nitriles is 1. The minimum absolute atomic E-state index is 0.0845. The molecule has 1 aromatic carbocycles. The molecule has 1 aliphatic heterocycles. The molecule has 0 bridgehead atoms. The summed E-state index contributed by atoms with van der Waals surface area (Å²) in [5.41, 5.74) is 6.49. The van der Waals surface area contributed by atoms with Gasteiger partial charge in [0.2, 0.25) is 0 Å². The third-order valence-corrected chi connectivity index (χ3v) is 3.98. The molecule has 3 rings (SSSR count). The fourth-order valence-corrected chi connectivity index (χ4v) is 2.68. The fourth-order valence-electron chi connectivity index (χ4n) is 2.68. The number of aliphatic imine (C=N–C) groups is 1. The van der Waals surface area contributed by atoms with Crippen LogP contribution < -0.4 is 11.1 Å². The number of ether oxygens (including phenoxy) is 1. The maximum atomic E-state index is 13.0. The Bertz CT molecular complexity index is 978. The van der Waals surface area contributed by atoms with E-state index in [1.807, 2.05) is 6.07 Å². The summed E-state index contributed by atoms with van der Waals surface area (Å²) in [6.45, 7) is 0.966. The molecule has 0 radical (unpaired) electrons. The second-order valence-corrected chi connectivity index (χ2v) is 6.02. The predicted molar refractivity (Wildman–Crippen MR) is 97.5 cm³/mol. The van der Waals surface area contributed by atoms with Crippen LogP contribution in [-0.4, -0.2) is 23.6 Å². The number of rotatable bonds is 4. The van der Waals surface area contributed by atoms with Gasteiger partial charge in [0.1, 0.15) is 29.7 Å². The lowest BCUT2D eigenvalue weighted by Crippen LogP contribution is -2.30. The van der Waals surface area contributed by atoms with Crippen LogP contribution in [0.2, 0.25) is 0 Å². The first kappa shape index (κ1) is 18.1. The molecule has 3 N–H and O–H groups in total. The van der Waals surface area contributed by atoms with E-state index in [1.165, 1.54) is 18.3 Å². The van der Waals surface area contributed by atoms with Crippen molar-refractivity contribution in [1.29, 1.82) is 5.26 Å². The molecule has 1 atom stereocenters. The van der Waals surface area contributed by atoms with Crippen molar-refractivity contribution in [2.75, 3.05) is 12.0 Å². The second kappa shape index (κ2) is 7.25. The first-order chi connectivity index (χ1) is 12.9. The van der Waals surface area contributed by atoms with E-state index in [9.17, 15) is 9.18 Å². The lowest BCUT2D eigenvalue weighted by atomic mass is 9.91. The molecule has 1 aromatic heterocycles. The van der Waals surface area contributed by atoms with Gasteiger partial charge in [0, 0.05) is 11.9 Å². The first-order valence-electron chi connectivity index (χ1n) is 8.02. The van der Waals surface area contributed by atoms with E-state index in [0.717, 1.165) is 0 Å². The highest BCUT2D eigenvalue weighted by atomic mass is 19.1. The number of amidine groups is 1. The standard InChI is InChI=1S/C19H16FN5O2/c1-19(8-15(9-20)27-18(22)25-19)13-3-2-4-14(7-13)24-17(26)16-6-5-12(10-21)11-23-16/h2-8,11H,9H2,1H3,(H2,22,25)(H,24,26)/t19-/m0/s1. The van der Waals surface area contributed by atoms with E-state index in [4.69, 9.17) is 15.7 Å². The summed E-state index contributed by atoms with van der Waals surface area (Å²) in [6.07, 6.45) is 2.88. The molecular weight excluding hydrogens is 349 g/mol. The molecule has 0 aliphatic carbocycles. The number of carbonyl (C=O) groups excluding carboxylic acids is 1. The summed E-state index contributed by atoms with van der Waals surface area (Å²) in [5, 5.41) is 11.5. The van der Waals surface area contributed by atoms with E-state index in [-0.39, 0.29) is 17.5 Å². The summed E-state index contributed by atoms with van der Waals surface area (Å²) in [7, 11) is 0. The number of hydrogen-bond acceptors (Lipinski definition) is 6. The van der Waals surface area contributed by atoms with Gasteiger partial charge in [0.15, 0.2) is 0 Å². The highest BCUT2D eigenvalue weighted by Crippen LogP contribution is 2.33. The van der Waals surface area contributed by atoms with Crippen molar-refractivity contribution in [2.24, 2.45) is 10.7 Å². The molecule has 7 nitrogen and oxygen atoms in total. The molecule has 27 heavy (non-hydrogen) atoms. The van der Waals surface area contributed by atoms with E-state index >= 15 is 0 Å². The van der Waals surface area contributed by atoms with E-state index < -0.39 is 18.1 Å². The highest BCUT2D eigenvalue weighted by molar-refractivity contribution is 6.02. The van der Waals surface area contributed by atoms with Crippen molar-refractivity contribution < 1.29 is 13.9 Å². The van der Waals surface area contributed by atoms with Crippen LogP contribution in [0.15, 0.2) is 59.4 Å². The average molecular weight is 365 g/mol. The molecule has 1 aliphatic rings. The summed E-state index contributed by atoms with van der Waals surface area (Å²) in [6, 6.07) is 11.8. The molecule has 8 heteroatoms. The van der Waals surface area contributed by atoms with Crippen molar-refractivity contribution in [1.82, 2.24) is 4.98 Å². The van der Waals surface area contributed by atoms with Gasteiger partial charge in [-0.2, -0.15) is 5.26 Å². The molecule has 1 amide bonds. The van der Waals surface area contributed by atoms with Crippen molar-refractivity contribution in [3.63, 3.8) is 0 Å². The number of nitrogens with zero attached hydrogens (tertiary/aromatic N) is 3. The van der Waals surface area contributed by atoms with Gasteiger partial charge in [-0.3, -0.25) is 4.79 Å². The molecule has 0 unspecified atom stereocenters. The van der Waals surface area contributed by atoms with Gasteiger partial charge < -0.3 is 15.8 Å². The molecule has 0 spiro atoms. The van der Waals surface area contributed by atoms with Crippen LogP contribution in [0.1, 0.15) is 28.5 Å². The van der Waals surface area contributed by atoms with Crippen LogP contribution in [0.5, 0.6) is 0 Å². The monoisotopic (exact) mass is 365 g/mol. The van der Waals surface area contributed by atoms with Gasteiger partial charge in [-0.15, -0.1) is 0 Å². The summed E-state index contributed by atoms with van der Waals surface area (Å²) in [4.78, 5) is 20.6. The zero-order valence-corrected chi connectivity index (χ0v) is 14.4. The molecule has 136 valence electrons. The largest absolute Gasteiger partial charge is 0.428 e. The molecule has 0 saturated carbocycles. The maximum Gasteiger partial charge on any atom is 0.288 e. The molecule has 0 fully saturated rings. The van der Waals surface area contributed by atoms with Crippen molar-refractivity contribution >= 4 is 17.6 Å². The van der Waals surface area contributed by atoms with Crippen LogP contribution >= 0.6 is 0 Å². The van der Waals surface area contributed by atoms with Crippen molar-refractivity contribution in [2.45, 2.75) is 12.5 Å². The number of nitrogens with two attached hydrogens (primary N) is 1. The normalized spacial score (nSPS) is 18.6. The maximum absolute atomic E-state index is 13.0. The first-order valence-corrected chi connectivity index (χ1v) is 8.02. The smallest absolute Gasteiger partial charge is 0.288 e. The molecule has 2 heterocycles. The Kier molecular flexibility index (Phi) is 4.86. The fraction of sp³-hybridized carbons (Fsp3) is 0.158. The van der Waals surface area contributed by atoms with Gasteiger partial charge in [-0.1, -0.05) is 12.1 Å². The third kappa shape index (κ3) is 3.93. The van der Waals surface area contributed by atoms with Gasteiger partial charge in [-0.25, -0.2) is 14.4 Å². The number of aromatic nitrogens is 1. The van der Waals surface area contributed by atoms with Crippen LogP contribution in [0.4, 0.5) is 10.1 Å². The van der Waals surface area contributed by atoms with E-state index in [0.29, 0.717) is 16.8 Å². The Hall–Kier alpha value is -3.73. The Labute approximate surface area is 155 Å². The number of benzene rings is 1. The number of anilines is 1. The van der Waals surface area contributed by atoms with Gasteiger partial charge in [0.25, 0.3) is 11.9 Å². The molecular formula is C19H16FN5O2. The average Bonchev–Trinajstić information content (AvgIpc) is 2.67. The quantitative estimate of drug-likeness (QED) is 0.865. The van der Waals surface area contributed by atoms with E-state index in [2.05, 4.69) is 15.3 Å². The minimum atomic E-state index is -0.919. The van der Waals surface area contributed by atoms with Crippen molar-refractivity contribution in [3.8, 4) is 6.07 Å². The number of pyridine rings is 1. The number of amides is 1. The van der Waals surface area contributed by atoms with Crippen LogP contribution in [0, 0.1) is 11.3 Å². The van der Waals surface area contributed by atoms with Crippen LogP contribution in [0.3, 0.4) is 0 Å². The van der Waals surface area contributed by atoms with Crippen LogP contribution in [0.25, 0.3) is 0 Å². The number of carbonyl (C=O) groups is 1.